The van der Waals surface area contributed by atoms with Gasteiger partial charge in [-0.25, -0.2) is 0 Å². The molecule has 1 saturated carbocycles. The number of likely N-dealkylation sites (tertiary alicyclic amines) is 1. The van der Waals surface area contributed by atoms with Gasteiger partial charge in [-0.3, -0.25) is 19.4 Å². The van der Waals surface area contributed by atoms with E-state index < -0.39 is 0 Å². The van der Waals surface area contributed by atoms with Crippen molar-refractivity contribution in [2.45, 2.75) is 50.5 Å². The normalized spacial score (nSPS) is 23.1. The lowest BCUT2D eigenvalue weighted by Gasteiger charge is -2.48. The number of hydrogen-bond donors (Lipinski definition) is 2. The molecule has 0 atom stereocenters. The summed E-state index contributed by atoms with van der Waals surface area (Å²) in [5.41, 5.74) is 0.801. The van der Waals surface area contributed by atoms with Crippen molar-refractivity contribution in [1.82, 2.24) is 15.1 Å². The van der Waals surface area contributed by atoms with Gasteiger partial charge in [0.15, 0.2) is 11.5 Å². The third-order valence-corrected chi connectivity index (χ3v) is 8.05. The van der Waals surface area contributed by atoms with Crippen LogP contribution in [0.5, 0.6) is 11.5 Å². The summed E-state index contributed by atoms with van der Waals surface area (Å²) >= 11 is 0. The second-order valence-corrected chi connectivity index (χ2v) is 10.3. The maximum atomic E-state index is 12.8. The third kappa shape index (κ3) is 5.90. The van der Waals surface area contributed by atoms with Gasteiger partial charge in [-0.05, 0) is 50.9 Å². The number of piperidine rings is 1. The van der Waals surface area contributed by atoms with Gasteiger partial charge < -0.3 is 24.8 Å². The molecule has 2 saturated heterocycles. The van der Waals surface area contributed by atoms with E-state index in [1.54, 1.807) is 6.07 Å². The number of hydrogen-bond acceptors (Lipinski definition) is 7. The highest BCUT2D eigenvalue weighted by atomic mass is 16.7. The Bertz CT molecular complexity index is 890. The Kier molecular flexibility index (Phi) is 7.75. The number of nitrogens with zero attached hydrogens (tertiary/aromatic N) is 2. The molecule has 4 aliphatic rings. The van der Waals surface area contributed by atoms with Gasteiger partial charge in [-0.1, -0.05) is 19.3 Å². The van der Waals surface area contributed by atoms with Crippen LogP contribution in [-0.2, 0) is 14.3 Å². The summed E-state index contributed by atoms with van der Waals surface area (Å²) in [5, 5.41) is 6.26. The molecule has 9 nitrogen and oxygen atoms in total. The highest BCUT2D eigenvalue weighted by Gasteiger charge is 2.39. The highest BCUT2D eigenvalue weighted by molar-refractivity contribution is 5.93. The highest BCUT2D eigenvalue weighted by Crippen LogP contribution is 2.35. The van der Waals surface area contributed by atoms with Crippen LogP contribution < -0.4 is 20.1 Å². The van der Waals surface area contributed by atoms with Crippen LogP contribution in [0.3, 0.4) is 0 Å². The molecule has 35 heavy (non-hydrogen) atoms. The Hall–Kier alpha value is -2.36. The second-order valence-electron chi connectivity index (χ2n) is 10.3. The number of carbonyl (C=O) groups excluding carboxylic acids is 2. The smallest absolute Gasteiger partial charge is 0.234 e. The first-order valence-electron chi connectivity index (χ1n) is 13.1. The summed E-state index contributed by atoms with van der Waals surface area (Å²) in [6.45, 7) is 6.32. The van der Waals surface area contributed by atoms with Gasteiger partial charge in [0.1, 0.15) is 0 Å². The average molecular weight is 487 g/mol. The third-order valence-electron chi connectivity index (χ3n) is 8.05. The molecule has 0 spiro atoms. The van der Waals surface area contributed by atoms with Gasteiger partial charge in [-0.2, -0.15) is 0 Å². The van der Waals surface area contributed by atoms with Gasteiger partial charge in [0.2, 0.25) is 18.6 Å². The standard InChI is InChI=1S/C26H38N4O5/c31-24(27-18-26(8-2-1-3-9-26)30-12-14-33-15-13-30)17-29-10-6-20(7-11-29)25(32)28-21-4-5-22-23(16-21)35-19-34-22/h4-5,16,20H,1-3,6-15,17-19H2,(H,27,31)(H,28,32). The fraction of sp³-hybridized carbons (Fsp3) is 0.692. The minimum Gasteiger partial charge on any atom is -0.454 e. The van der Waals surface area contributed by atoms with Crippen LogP contribution in [0, 0.1) is 5.92 Å². The van der Waals surface area contributed by atoms with E-state index in [-0.39, 0.29) is 30.1 Å². The topological polar surface area (TPSA) is 92.4 Å². The van der Waals surface area contributed by atoms with E-state index in [9.17, 15) is 9.59 Å². The van der Waals surface area contributed by atoms with Gasteiger partial charge in [-0.15, -0.1) is 0 Å². The molecule has 5 rings (SSSR count). The molecule has 0 unspecified atom stereocenters. The molecule has 2 amide bonds. The van der Waals surface area contributed by atoms with Gasteiger partial charge in [0.05, 0.1) is 19.8 Å². The summed E-state index contributed by atoms with van der Waals surface area (Å²) < 4.78 is 16.3. The van der Waals surface area contributed by atoms with Crippen LogP contribution in [0.2, 0.25) is 0 Å². The summed E-state index contributed by atoms with van der Waals surface area (Å²) in [6, 6.07) is 5.45. The molecule has 9 heteroatoms. The van der Waals surface area contributed by atoms with Crippen molar-refractivity contribution in [2.24, 2.45) is 5.92 Å². The first-order valence-corrected chi connectivity index (χ1v) is 13.1. The van der Waals surface area contributed by atoms with Crippen LogP contribution in [0.15, 0.2) is 18.2 Å². The molecule has 1 aliphatic carbocycles. The lowest BCUT2D eigenvalue weighted by Crippen LogP contribution is -2.60. The van der Waals surface area contributed by atoms with Crippen LogP contribution in [-0.4, -0.2) is 86.4 Å². The first kappa shape index (κ1) is 24.3. The number of nitrogens with one attached hydrogen (secondary N) is 2. The predicted molar refractivity (Wildman–Crippen MR) is 132 cm³/mol. The minimum absolute atomic E-state index is 0.0257. The number of rotatable bonds is 7. The second kappa shape index (κ2) is 11.1. The quantitative estimate of drug-likeness (QED) is 0.611. The maximum absolute atomic E-state index is 12.8. The molecule has 0 aromatic heterocycles. The van der Waals surface area contributed by atoms with Crippen molar-refractivity contribution < 1.29 is 23.8 Å². The summed E-state index contributed by atoms with van der Waals surface area (Å²) in [6.07, 6.45) is 7.55. The van der Waals surface area contributed by atoms with E-state index in [0.29, 0.717) is 18.0 Å². The molecule has 3 fully saturated rings. The Morgan fingerprint density at radius 1 is 0.971 bits per heavy atom. The molecule has 1 aromatic rings. The molecule has 3 aliphatic heterocycles. The summed E-state index contributed by atoms with van der Waals surface area (Å²) in [4.78, 5) is 30.3. The largest absolute Gasteiger partial charge is 0.454 e. The zero-order valence-electron chi connectivity index (χ0n) is 20.6. The summed E-state index contributed by atoms with van der Waals surface area (Å²) in [5.74, 6) is 1.43. The zero-order valence-corrected chi connectivity index (χ0v) is 20.6. The summed E-state index contributed by atoms with van der Waals surface area (Å²) in [7, 11) is 0. The van der Waals surface area contributed by atoms with E-state index in [2.05, 4.69) is 20.4 Å². The lowest BCUT2D eigenvalue weighted by atomic mass is 9.79. The molecule has 2 N–H and O–H groups in total. The number of anilines is 1. The van der Waals surface area contributed by atoms with Crippen molar-refractivity contribution >= 4 is 17.5 Å². The van der Waals surface area contributed by atoms with Crippen LogP contribution in [0.25, 0.3) is 0 Å². The van der Waals surface area contributed by atoms with E-state index >= 15 is 0 Å². The molecule has 0 bridgehead atoms. The van der Waals surface area contributed by atoms with Crippen molar-refractivity contribution in [3.05, 3.63) is 18.2 Å². The maximum Gasteiger partial charge on any atom is 0.234 e. The van der Waals surface area contributed by atoms with E-state index in [4.69, 9.17) is 14.2 Å². The predicted octanol–water partition coefficient (Wildman–Crippen LogP) is 2.22. The number of carbonyl (C=O) groups is 2. The average Bonchev–Trinajstić information content (AvgIpc) is 3.37. The van der Waals surface area contributed by atoms with Crippen LogP contribution in [0.4, 0.5) is 5.69 Å². The molecule has 3 heterocycles. The fourth-order valence-electron chi connectivity index (χ4n) is 5.95. The Morgan fingerprint density at radius 3 is 2.49 bits per heavy atom. The monoisotopic (exact) mass is 486 g/mol. The van der Waals surface area contributed by atoms with Crippen molar-refractivity contribution in [3.63, 3.8) is 0 Å². The molecular formula is C26H38N4O5. The Balaban J connectivity index is 1.06. The van der Waals surface area contributed by atoms with Crippen LogP contribution in [0.1, 0.15) is 44.9 Å². The molecule has 0 radical (unpaired) electrons. The Labute approximate surface area is 207 Å². The Morgan fingerprint density at radius 2 is 1.71 bits per heavy atom. The van der Waals surface area contributed by atoms with E-state index in [1.165, 1.54) is 19.3 Å². The minimum atomic E-state index is -0.0495. The SMILES string of the molecule is O=C(CN1CCC(C(=O)Nc2ccc3c(c2)OCO3)CC1)NCC1(N2CCOCC2)CCCCC1. The lowest BCUT2D eigenvalue weighted by molar-refractivity contribution is -0.124. The number of morpholine rings is 1. The number of fused-ring (bicyclic) bond motifs is 1. The van der Waals surface area contributed by atoms with Crippen molar-refractivity contribution in [3.8, 4) is 11.5 Å². The number of ether oxygens (including phenoxy) is 3. The zero-order chi connectivity index (χ0) is 24.1. The first-order chi connectivity index (χ1) is 17.1. The number of benzene rings is 1. The van der Waals surface area contributed by atoms with Gasteiger partial charge in [0, 0.05) is 42.8 Å². The van der Waals surface area contributed by atoms with Crippen LogP contribution >= 0.6 is 0 Å². The molecular weight excluding hydrogens is 448 g/mol. The van der Waals surface area contributed by atoms with Gasteiger partial charge in [0.25, 0.3) is 0 Å². The molecule has 1 aromatic carbocycles. The fourth-order valence-corrected chi connectivity index (χ4v) is 5.95. The van der Waals surface area contributed by atoms with Crippen molar-refractivity contribution in [1.29, 1.82) is 0 Å². The van der Waals surface area contributed by atoms with Gasteiger partial charge >= 0.3 is 0 Å². The molecule has 192 valence electrons. The number of amides is 2. The van der Waals surface area contributed by atoms with Crippen molar-refractivity contribution in [2.75, 3.05) is 64.6 Å². The van der Waals surface area contributed by atoms with E-state index in [0.717, 1.165) is 77.3 Å². The van der Waals surface area contributed by atoms with E-state index in [1.807, 2.05) is 12.1 Å².